The summed E-state index contributed by atoms with van der Waals surface area (Å²) in [6.07, 6.45) is 0. The van der Waals surface area contributed by atoms with Crippen LogP contribution in [0.25, 0.3) is 0 Å². The predicted octanol–water partition coefficient (Wildman–Crippen LogP) is 2.42. The van der Waals surface area contributed by atoms with E-state index in [-0.39, 0.29) is 22.0 Å². The first kappa shape index (κ1) is 16.9. The van der Waals surface area contributed by atoms with E-state index in [1.54, 1.807) is 22.3 Å². The van der Waals surface area contributed by atoms with Crippen LogP contribution in [0.2, 0.25) is 0 Å². The zero-order valence-electron chi connectivity index (χ0n) is 15.7. The van der Waals surface area contributed by atoms with Crippen LogP contribution in [-0.2, 0) is 19.2 Å². The molecule has 0 heterocycles. The molecular weight excluding hydrogens is 654 g/mol. The summed E-state index contributed by atoms with van der Waals surface area (Å²) >= 11 is 1.11. The molecule has 3 heteroatoms. The maximum Gasteiger partial charge on any atom is -1.00 e. The Hall–Kier alpha value is 1.52. The molecule has 0 radical (unpaired) electrons. The van der Waals surface area contributed by atoms with Crippen LogP contribution < -0.4 is 0 Å². The minimum absolute atomic E-state index is 0. The smallest absolute Gasteiger partial charge is 1.00 e. The van der Waals surface area contributed by atoms with E-state index in [9.17, 15) is 0 Å². The van der Waals surface area contributed by atoms with Crippen molar-refractivity contribution in [3.05, 3.63) is 36.3 Å². The third-order valence-corrected chi connectivity index (χ3v) is 25.0. The van der Waals surface area contributed by atoms with Crippen molar-refractivity contribution in [3.63, 3.8) is 0 Å². The summed E-state index contributed by atoms with van der Waals surface area (Å²) in [5, 5.41) is 0. The van der Waals surface area contributed by atoms with Crippen molar-refractivity contribution in [3.8, 4) is 0 Å². The molecule has 2 aliphatic carbocycles. The van der Waals surface area contributed by atoms with Gasteiger partial charge in [-0.05, 0) is 0 Å². The van der Waals surface area contributed by atoms with E-state index < -0.39 is 0 Å². The molecule has 2 aliphatic rings. The second kappa shape index (κ2) is 6.33. The zero-order chi connectivity index (χ0) is 14.5. The summed E-state index contributed by atoms with van der Waals surface area (Å²) < 4.78 is 7.51. The van der Waals surface area contributed by atoms with E-state index in [4.69, 9.17) is 0 Å². The normalized spacial score (nSPS) is 28.3. The van der Waals surface area contributed by atoms with Gasteiger partial charge in [0.2, 0.25) is 0 Å². The molecule has 0 amide bonds. The van der Waals surface area contributed by atoms with Gasteiger partial charge in [-0.2, -0.15) is 0 Å². The SMILES string of the molecule is CC1=C(C)C(C)[C]([Ti+2][C]2=[C]([PbH3])C(C)=C(C)C2C)=[C]1[PbH3].[H-].[H-]. The summed E-state index contributed by atoms with van der Waals surface area (Å²) in [7, 11) is 0. The fraction of sp³-hybridized carbons (Fsp3) is 0.500. The van der Waals surface area contributed by atoms with Crippen molar-refractivity contribution >= 4 is 51.5 Å². The summed E-state index contributed by atoms with van der Waals surface area (Å²) in [4.78, 5) is 0. The molecule has 2 atom stereocenters. The van der Waals surface area contributed by atoms with Crippen molar-refractivity contribution in [2.75, 3.05) is 0 Å². The third kappa shape index (κ3) is 2.89. The van der Waals surface area contributed by atoms with E-state index in [1.165, 1.54) is 0 Å². The zero-order valence-corrected chi connectivity index (χ0v) is 30.8. The monoisotopic (exact) mass is 684 g/mol. The second-order valence-corrected chi connectivity index (χ2v) is 16.1. The molecule has 104 valence electrons. The van der Waals surface area contributed by atoms with Gasteiger partial charge in [0, 0.05) is 0 Å². The van der Waals surface area contributed by atoms with Crippen molar-refractivity contribution < 1.29 is 22.0 Å². The van der Waals surface area contributed by atoms with Crippen LogP contribution in [0, 0.1) is 11.8 Å². The molecule has 0 bridgehead atoms. The van der Waals surface area contributed by atoms with Gasteiger partial charge in [-0.25, -0.2) is 0 Å². The van der Waals surface area contributed by atoms with Gasteiger partial charge in [-0.3, -0.25) is 0 Å². The van der Waals surface area contributed by atoms with Gasteiger partial charge in [-0.1, -0.05) is 0 Å². The van der Waals surface area contributed by atoms with Crippen LogP contribution in [0.15, 0.2) is 36.3 Å². The fourth-order valence-corrected chi connectivity index (χ4v) is 16.7. The van der Waals surface area contributed by atoms with Crippen molar-refractivity contribution in [2.45, 2.75) is 41.5 Å². The van der Waals surface area contributed by atoms with E-state index in [0.717, 1.165) is 11.8 Å². The minimum Gasteiger partial charge on any atom is -1.00 e. The molecule has 0 N–H and O–H groups in total. The van der Waals surface area contributed by atoms with E-state index in [2.05, 4.69) is 41.5 Å². The molecule has 0 nitrogen and oxygen atoms in total. The molecule has 0 fully saturated rings. The van der Waals surface area contributed by atoms with Gasteiger partial charge < -0.3 is 2.85 Å². The van der Waals surface area contributed by atoms with Gasteiger partial charge >= 0.3 is 160 Å². The first-order valence-electron chi connectivity index (χ1n) is 7.31. The van der Waals surface area contributed by atoms with Gasteiger partial charge in [0.1, 0.15) is 0 Å². The van der Waals surface area contributed by atoms with E-state index >= 15 is 0 Å². The summed E-state index contributed by atoms with van der Waals surface area (Å²) in [5.74, 6) is 1.54. The van der Waals surface area contributed by atoms with Crippen LogP contribution in [-0.4, -0.2) is 51.5 Å². The third-order valence-electron chi connectivity index (χ3n) is 5.55. The summed E-state index contributed by atoms with van der Waals surface area (Å²) in [6.45, 7) is 14.4. The first-order valence-corrected chi connectivity index (χ1v) is 16.6. The summed E-state index contributed by atoms with van der Waals surface area (Å²) in [6, 6.07) is 0. The molecular formula is C16H28Pb2Ti. The average Bonchev–Trinajstić information content (AvgIpc) is 2.68. The Kier molecular flexibility index (Phi) is 5.62. The Bertz CT molecular complexity index is 521. The molecule has 2 rings (SSSR count). The van der Waals surface area contributed by atoms with E-state index in [0.29, 0.717) is 51.5 Å². The van der Waals surface area contributed by atoms with E-state index in [1.807, 2.05) is 14.0 Å². The largest absolute Gasteiger partial charge is 1.00 e. The number of allylic oxidation sites excluding steroid dienone is 8. The number of rotatable bonds is 2. The van der Waals surface area contributed by atoms with Crippen LogP contribution in [0.4, 0.5) is 0 Å². The maximum atomic E-state index is 2.45. The van der Waals surface area contributed by atoms with Crippen LogP contribution in [0.3, 0.4) is 0 Å². The maximum absolute atomic E-state index is 2.45. The molecule has 0 saturated carbocycles. The van der Waals surface area contributed by atoms with Crippen LogP contribution in [0.1, 0.15) is 44.4 Å². The Morgan fingerprint density at radius 1 is 0.789 bits per heavy atom. The molecule has 19 heavy (non-hydrogen) atoms. The number of hydrogen-bond acceptors (Lipinski definition) is 0. The minimum atomic E-state index is -0.0211. The standard InChI is InChI=1S/2C8H10.2Pb.Ti.8H/c2*1-6-4-5-7(2)8(6)3;;;;;;;;;;;/h2*6H,1-3H3;;;;;;;;;;;/q;;;;+2;;;;;;;2*-1. The van der Waals surface area contributed by atoms with Gasteiger partial charge in [0.15, 0.2) is 0 Å². The first-order chi connectivity index (χ1) is 8.77. The Morgan fingerprint density at radius 3 is 1.32 bits per heavy atom. The van der Waals surface area contributed by atoms with Crippen molar-refractivity contribution in [1.82, 2.24) is 0 Å². The Morgan fingerprint density at radius 2 is 1.11 bits per heavy atom. The molecule has 0 spiro atoms. The molecule has 2 unspecified atom stereocenters. The quantitative estimate of drug-likeness (QED) is 0.393. The van der Waals surface area contributed by atoms with Gasteiger partial charge in [0.25, 0.3) is 0 Å². The molecule has 0 aromatic carbocycles. The second-order valence-electron chi connectivity index (χ2n) is 6.26. The van der Waals surface area contributed by atoms with Gasteiger partial charge in [0.05, 0.1) is 0 Å². The van der Waals surface area contributed by atoms with Crippen LogP contribution >= 0.6 is 0 Å². The average molecular weight is 683 g/mol. The predicted molar refractivity (Wildman–Crippen MR) is 91.2 cm³/mol. The fourth-order valence-electron chi connectivity index (χ4n) is 3.28. The topological polar surface area (TPSA) is 0 Å². The molecule has 0 aliphatic heterocycles. The summed E-state index contributed by atoms with van der Waals surface area (Å²) in [5.41, 5.74) is 6.68. The van der Waals surface area contributed by atoms with Gasteiger partial charge in [-0.15, -0.1) is 0 Å². The molecule has 0 saturated heterocycles. The molecule has 0 aromatic rings. The Balaban J connectivity index is 0.00000200. The number of hydrogen-bond donors (Lipinski definition) is 0. The Labute approximate surface area is 161 Å². The van der Waals surface area contributed by atoms with Crippen molar-refractivity contribution in [2.24, 2.45) is 11.8 Å². The van der Waals surface area contributed by atoms with Crippen LogP contribution in [0.5, 0.6) is 0 Å². The molecule has 0 aromatic heterocycles. The van der Waals surface area contributed by atoms with Crippen molar-refractivity contribution in [1.29, 1.82) is 0 Å².